The van der Waals surface area contributed by atoms with Gasteiger partial charge in [-0.2, -0.15) is 0 Å². The van der Waals surface area contributed by atoms with E-state index in [2.05, 4.69) is 13.8 Å². The molecule has 0 N–H and O–H groups in total. The van der Waals surface area contributed by atoms with Gasteiger partial charge >= 0.3 is 0 Å². The minimum absolute atomic E-state index is 0.278. The molecule has 0 aromatic heterocycles. The number of hydrogen-bond acceptors (Lipinski definition) is 5. The molecule has 0 amide bonds. The van der Waals surface area contributed by atoms with Crippen molar-refractivity contribution in [2.75, 3.05) is 12.4 Å². The molecule has 6 heteroatoms. The molecule has 1 nitrogen and oxygen atoms in total. The lowest BCUT2D eigenvalue weighted by molar-refractivity contribution is 0.372. The maximum atomic E-state index is 5.30. The first kappa shape index (κ1) is 12.6. The van der Waals surface area contributed by atoms with Crippen molar-refractivity contribution in [2.45, 2.75) is 20.3 Å². The van der Waals surface area contributed by atoms with Gasteiger partial charge < -0.3 is 4.43 Å². The van der Waals surface area contributed by atoms with Gasteiger partial charge in [0, 0.05) is 12.4 Å². The van der Waals surface area contributed by atoms with E-state index in [1.54, 1.807) is 0 Å². The van der Waals surface area contributed by atoms with Gasteiger partial charge in [-0.05, 0) is 33.0 Å². The van der Waals surface area contributed by atoms with Crippen molar-refractivity contribution in [3.05, 3.63) is 0 Å². The van der Waals surface area contributed by atoms with Gasteiger partial charge in [-0.3, -0.25) is 0 Å². The highest BCUT2D eigenvalue weighted by Gasteiger charge is 1.91. The van der Waals surface area contributed by atoms with Crippen LogP contribution in [0, 0.1) is 0 Å². The van der Waals surface area contributed by atoms with Crippen LogP contribution in [0.4, 0.5) is 0 Å². The molecule has 68 valence electrons. The molecule has 0 aromatic rings. The van der Waals surface area contributed by atoms with E-state index in [9.17, 15) is 0 Å². The van der Waals surface area contributed by atoms with Crippen molar-refractivity contribution in [2.24, 2.45) is 0 Å². The van der Waals surface area contributed by atoms with E-state index >= 15 is 0 Å². The van der Waals surface area contributed by atoms with Gasteiger partial charge in [0.05, 0.1) is 0 Å². The molecule has 0 aliphatic carbocycles. The van der Waals surface area contributed by atoms with Crippen molar-refractivity contribution in [1.82, 2.24) is 0 Å². The third-order valence-corrected chi connectivity index (χ3v) is 11.5. The third kappa shape index (κ3) is 11.6. The Morgan fingerprint density at radius 1 is 1.27 bits per heavy atom. The zero-order valence-electron chi connectivity index (χ0n) is 6.87. The monoisotopic (exact) mass is 246 g/mol. The smallest absolute Gasteiger partial charge is 0.234 e. The van der Waals surface area contributed by atoms with Gasteiger partial charge in [0.1, 0.15) is 0 Å². The summed E-state index contributed by atoms with van der Waals surface area (Å²) in [7, 11) is 7.31. The topological polar surface area (TPSA) is 9.23 Å². The fourth-order valence-electron chi connectivity index (χ4n) is 0.294. The molecule has 0 aromatic carbocycles. The lowest BCUT2D eigenvalue weighted by atomic mass is 10.6. The van der Waals surface area contributed by atoms with E-state index < -0.39 is 0 Å². The van der Waals surface area contributed by atoms with E-state index in [0.717, 1.165) is 6.61 Å². The Hall–Kier alpha value is 1.58. The molecule has 0 aliphatic heterocycles. The van der Waals surface area contributed by atoms with E-state index in [-0.39, 0.29) is 8.91 Å². The fraction of sp³-hybridized carbons (Fsp3) is 1.00. The molecular formula is C5H14OS4Si. The van der Waals surface area contributed by atoms with Crippen LogP contribution in [0.3, 0.4) is 0 Å². The second kappa shape index (κ2) is 11.6. The average molecular weight is 247 g/mol. The summed E-state index contributed by atoms with van der Waals surface area (Å²) in [6.45, 7) is 5.14. The summed E-state index contributed by atoms with van der Waals surface area (Å²) >= 11 is 0. The molecule has 0 saturated heterocycles. The first-order valence-corrected chi connectivity index (χ1v) is 11.0. The maximum absolute atomic E-state index is 5.30. The van der Waals surface area contributed by atoms with E-state index in [4.69, 9.17) is 4.43 Å². The number of hydrogen-bond donors (Lipinski definition) is 0. The predicted molar refractivity (Wildman–Crippen MR) is 65.7 cm³/mol. The van der Waals surface area contributed by atoms with Crippen LogP contribution in [0.5, 0.6) is 0 Å². The second-order valence-corrected chi connectivity index (χ2v) is 11.0. The maximum Gasteiger partial charge on any atom is 0.234 e. The van der Waals surface area contributed by atoms with Crippen molar-refractivity contribution in [3.63, 3.8) is 0 Å². The van der Waals surface area contributed by atoms with Gasteiger partial charge in [-0.1, -0.05) is 28.0 Å². The Morgan fingerprint density at radius 2 is 2.09 bits per heavy atom. The van der Waals surface area contributed by atoms with Crippen molar-refractivity contribution >= 4 is 49.6 Å². The van der Waals surface area contributed by atoms with Crippen LogP contribution >= 0.6 is 40.7 Å². The van der Waals surface area contributed by atoms with Crippen LogP contribution in [0.2, 0.25) is 0 Å². The molecular weight excluding hydrogens is 232 g/mol. The van der Waals surface area contributed by atoms with Gasteiger partial charge in [0.15, 0.2) is 0 Å². The van der Waals surface area contributed by atoms with Gasteiger partial charge in [-0.15, -0.1) is 0 Å². The summed E-state index contributed by atoms with van der Waals surface area (Å²) in [5.41, 5.74) is 0. The van der Waals surface area contributed by atoms with Gasteiger partial charge in [-0.25, -0.2) is 0 Å². The van der Waals surface area contributed by atoms with Gasteiger partial charge in [0.2, 0.25) is 8.91 Å². The lowest BCUT2D eigenvalue weighted by Crippen LogP contribution is -1.89. The fourth-order valence-corrected chi connectivity index (χ4v) is 11.3. The summed E-state index contributed by atoms with van der Waals surface area (Å²) in [5.74, 6) is 1.26. The minimum Gasteiger partial charge on any atom is -0.412 e. The SMILES string of the molecule is CCCSSSS[SiH2]OCC. The first-order valence-electron chi connectivity index (χ1n) is 3.57. The normalized spacial score (nSPS) is 11.5. The molecule has 0 fully saturated rings. The summed E-state index contributed by atoms with van der Waals surface area (Å²) in [5, 5.41) is 0. The quantitative estimate of drug-likeness (QED) is 0.369. The Morgan fingerprint density at radius 3 is 2.73 bits per heavy atom. The average Bonchev–Trinajstić information content (AvgIpc) is 2.03. The van der Waals surface area contributed by atoms with E-state index in [1.165, 1.54) is 12.2 Å². The Kier molecular flexibility index (Phi) is 13.2. The second-order valence-electron chi connectivity index (χ2n) is 1.69. The van der Waals surface area contributed by atoms with Crippen LogP contribution in [0.15, 0.2) is 0 Å². The van der Waals surface area contributed by atoms with Gasteiger partial charge in [0.25, 0.3) is 0 Å². The van der Waals surface area contributed by atoms with E-state index in [1.807, 2.05) is 40.7 Å². The summed E-state index contributed by atoms with van der Waals surface area (Å²) in [4.78, 5) is 0. The molecule has 0 saturated carbocycles. The lowest BCUT2D eigenvalue weighted by Gasteiger charge is -1.98. The number of rotatable bonds is 8. The molecule has 0 atom stereocenters. The summed E-state index contributed by atoms with van der Waals surface area (Å²) < 4.78 is 5.30. The first-order chi connectivity index (χ1) is 5.41. The molecule has 0 radical (unpaired) electrons. The zero-order valence-corrected chi connectivity index (χ0v) is 11.5. The standard InChI is InChI=1S/C5H14OS4Si/c1-3-5-7-8-9-10-11-6-4-2/h3-5,11H2,1-2H3. The van der Waals surface area contributed by atoms with Crippen molar-refractivity contribution < 1.29 is 4.43 Å². The van der Waals surface area contributed by atoms with Crippen molar-refractivity contribution in [3.8, 4) is 0 Å². The van der Waals surface area contributed by atoms with Crippen LogP contribution in [-0.2, 0) is 4.43 Å². The predicted octanol–water partition coefficient (Wildman–Crippen LogP) is 3.11. The van der Waals surface area contributed by atoms with E-state index in [0.29, 0.717) is 0 Å². The summed E-state index contributed by atoms with van der Waals surface area (Å²) in [6.07, 6.45) is 1.27. The summed E-state index contributed by atoms with van der Waals surface area (Å²) in [6, 6.07) is 0. The van der Waals surface area contributed by atoms with Crippen LogP contribution in [-0.4, -0.2) is 21.3 Å². The molecule has 0 bridgehead atoms. The zero-order chi connectivity index (χ0) is 8.36. The minimum atomic E-state index is -0.278. The molecule has 0 spiro atoms. The molecule has 0 aliphatic rings. The Bertz CT molecular complexity index is 67.5. The van der Waals surface area contributed by atoms with Crippen LogP contribution in [0.1, 0.15) is 20.3 Å². The molecule has 0 heterocycles. The highest BCUT2D eigenvalue weighted by atomic mass is 33.7. The molecule has 0 unspecified atom stereocenters. The third-order valence-electron chi connectivity index (χ3n) is 0.747. The molecule has 0 rings (SSSR count). The van der Waals surface area contributed by atoms with Crippen molar-refractivity contribution in [1.29, 1.82) is 0 Å². The van der Waals surface area contributed by atoms with Crippen LogP contribution < -0.4 is 0 Å². The highest BCUT2D eigenvalue weighted by molar-refractivity contribution is 9.28. The largest absolute Gasteiger partial charge is 0.412 e. The Balaban J connectivity index is 2.69. The highest BCUT2D eigenvalue weighted by Crippen LogP contribution is 2.42. The molecule has 11 heavy (non-hydrogen) atoms. The van der Waals surface area contributed by atoms with Crippen LogP contribution in [0.25, 0.3) is 0 Å². The Labute approximate surface area is 86.3 Å².